The van der Waals surface area contributed by atoms with Crippen LogP contribution in [0, 0.1) is 0 Å². The Hall–Kier alpha value is -2.89. The first-order chi connectivity index (χ1) is 9.65. The van der Waals surface area contributed by atoms with Gasteiger partial charge >= 0.3 is 5.69 Å². The maximum atomic E-state index is 11.7. The number of nitrogens with one attached hydrogen (secondary N) is 1. The van der Waals surface area contributed by atoms with E-state index in [2.05, 4.69) is 9.97 Å². The molecule has 0 saturated carbocycles. The van der Waals surface area contributed by atoms with Crippen LogP contribution in [0.1, 0.15) is 5.56 Å². The first-order valence-electron chi connectivity index (χ1n) is 6.07. The van der Waals surface area contributed by atoms with Crippen LogP contribution in [0.15, 0.2) is 52.3 Å². The summed E-state index contributed by atoms with van der Waals surface area (Å²) >= 11 is 0. The molecule has 100 valence electrons. The molecule has 0 atom stereocenters. The van der Waals surface area contributed by atoms with Gasteiger partial charge in [0.15, 0.2) is 0 Å². The molecule has 2 aromatic heterocycles. The van der Waals surface area contributed by atoms with Gasteiger partial charge in [-0.05, 0) is 23.8 Å². The monoisotopic (exact) mass is 268 g/mol. The molecule has 0 aliphatic carbocycles. The summed E-state index contributed by atoms with van der Waals surface area (Å²) in [7, 11) is 0. The predicted molar refractivity (Wildman–Crippen MR) is 76.6 cm³/mol. The maximum absolute atomic E-state index is 11.7. The van der Waals surface area contributed by atoms with Gasteiger partial charge in [-0.3, -0.25) is 19.3 Å². The van der Waals surface area contributed by atoms with Crippen molar-refractivity contribution in [3.05, 3.63) is 69.1 Å². The highest BCUT2D eigenvalue weighted by Crippen LogP contribution is 2.22. The molecule has 1 aromatic carbocycles. The van der Waals surface area contributed by atoms with Crippen molar-refractivity contribution in [1.29, 1.82) is 0 Å². The third kappa shape index (κ3) is 2.07. The molecule has 0 aliphatic heterocycles. The molecule has 0 bridgehead atoms. The lowest BCUT2D eigenvalue weighted by Crippen LogP contribution is -2.28. The molecule has 3 rings (SSSR count). The van der Waals surface area contributed by atoms with Gasteiger partial charge in [-0.15, -0.1) is 0 Å². The number of aromatic amines is 1. The van der Waals surface area contributed by atoms with E-state index in [0.717, 1.165) is 16.5 Å². The Morgan fingerprint density at radius 3 is 2.85 bits per heavy atom. The molecular weight excluding hydrogens is 256 g/mol. The Balaban J connectivity index is 2.14. The van der Waals surface area contributed by atoms with Crippen LogP contribution in [0.4, 0.5) is 5.69 Å². The highest BCUT2D eigenvalue weighted by atomic mass is 16.2. The second-order valence-corrected chi connectivity index (χ2v) is 4.45. The second-order valence-electron chi connectivity index (χ2n) is 4.45. The summed E-state index contributed by atoms with van der Waals surface area (Å²) in [5, 5.41) is 0.850. The molecule has 20 heavy (non-hydrogen) atoms. The van der Waals surface area contributed by atoms with Gasteiger partial charge in [0, 0.05) is 29.5 Å². The molecule has 0 amide bonds. The summed E-state index contributed by atoms with van der Waals surface area (Å²) in [4.78, 5) is 29.3. The van der Waals surface area contributed by atoms with Gasteiger partial charge in [0.1, 0.15) is 0 Å². The lowest BCUT2D eigenvalue weighted by atomic mass is 10.1. The van der Waals surface area contributed by atoms with Gasteiger partial charge in [-0.25, -0.2) is 4.79 Å². The van der Waals surface area contributed by atoms with E-state index in [1.165, 1.54) is 16.8 Å². The number of benzene rings is 1. The minimum atomic E-state index is -0.446. The van der Waals surface area contributed by atoms with E-state index in [0.29, 0.717) is 12.2 Å². The van der Waals surface area contributed by atoms with Crippen LogP contribution < -0.4 is 17.0 Å². The van der Waals surface area contributed by atoms with Gasteiger partial charge < -0.3 is 5.73 Å². The van der Waals surface area contributed by atoms with Crippen LogP contribution >= 0.6 is 0 Å². The summed E-state index contributed by atoms with van der Waals surface area (Å²) in [6.45, 7) is 0.323. The lowest BCUT2D eigenvalue weighted by molar-refractivity contribution is 0.723. The zero-order valence-electron chi connectivity index (χ0n) is 10.5. The highest BCUT2D eigenvalue weighted by molar-refractivity contribution is 5.92. The number of H-pyrrole nitrogens is 1. The molecule has 6 nitrogen and oxygen atoms in total. The summed E-state index contributed by atoms with van der Waals surface area (Å²) in [6.07, 6.45) is 3.15. The fourth-order valence-electron chi connectivity index (χ4n) is 2.13. The summed E-state index contributed by atoms with van der Waals surface area (Å²) in [5.74, 6) is 0. The van der Waals surface area contributed by atoms with Crippen molar-refractivity contribution < 1.29 is 0 Å². The Bertz CT molecular complexity index is 895. The zero-order chi connectivity index (χ0) is 14.1. The molecular formula is C14H12N4O2. The first-order valence-corrected chi connectivity index (χ1v) is 6.07. The summed E-state index contributed by atoms with van der Waals surface area (Å²) in [5.41, 5.74) is 7.32. The molecule has 0 spiro atoms. The smallest absolute Gasteiger partial charge is 0.328 e. The summed E-state index contributed by atoms with van der Waals surface area (Å²) < 4.78 is 1.42. The molecule has 0 aliphatic rings. The van der Waals surface area contributed by atoms with E-state index in [9.17, 15) is 9.59 Å². The normalized spacial score (nSPS) is 10.8. The van der Waals surface area contributed by atoms with Gasteiger partial charge in [-0.2, -0.15) is 0 Å². The molecule has 0 saturated heterocycles. The molecule has 0 radical (unpaired) electrons. The number of aromatic nitrogens is 3. The fourth-order valence-corrected chi connectivity index (χ4v) is 2.13. The van der Waals surface area contributed by atoms with Crippen molar-refractivity contribution >= 4 is 16.6 Å². The van der Waals surface area contributed by atoms with Crippen LogP contribution in [-0.2, 0) is 6.54 Å². The lowest BCUT2D eigenvalue weighted by Gasteiger charge is -2.09. The summed E-state index contributed by atoms with van der Waals surface area (Å²) in [6, 6.07) is 8.64. The minimum absolute atomic E-state index is 0.323. The van der Waals surface area contributed by atoms with Crippen molar-refractivity contribution in [2.75, 3.05) is 5.73 Å². The van der Waals surface area contributed by atoms with Gasteiger partial charge in [0.05, 0.1) is 12.1 Å². The fraction of sp³-hybridized carbons (Fsp3) is 0.0714. The molecule has 0 fully saturated rings. The molecule has 0 unspecified atom stereocenters. The van der Waals surface area contributed by atoms with Crippen molar-refractivity contribution in [1.82, 2.24) is 14.5 Å². The Morgan fingerprint density at radius 2 is 2.05 bits per heavy atom. The van der Waals surface area contributed by atoms with Gasteiger partial charge in [0.25, 0.3) is 5.56 Å². The van der Waals surface area contributed by atoms with E-state index in [1.54, 1.807) is 12.3 Å². The van der Waals surface area contributed by atoms with Crippen LogP contribution in [0.2, 0.25) is 0 Å². The topological polar surface area (TPSA) is 93.8 Å². The average molecular weight is 268 g/mol. The van der Waals surface area contributed by atoms with E-state index >= 15 is 0 Å². The zero-order valence-corrected chi connectivity index (χ0v) is 10.5. The van der Waals surface area contributed by atoms with Crippen LogP contribution in [0.25, 0.3) is 10.9 Å². The molecule has 3 N–H and O–H groups in total. The molecule has 3 aromatic rings. The van der Waals surface area contributed by atoms with Crippen LogP contribution in [-0.4, -0.2) is 14.5 Å². The van der Waals surface area contributed by atoms with E-state index in [-0.39, 0.29) is 0 Å². The standard InChI is InChI=1S/C14H12N4O2/c15-11-4-3-9(13-10(11)2-1-6-16-13)8-18-7-5-12(19)17-14(18)20/h1-7H,8,15H2,(H,17,19,20). The second kappa shape index (κ2) is 4.65. The molecule has 2 heterocycles. The third-order valence-electron chi connectivity index (χ3n) is 3.12. The highest BCUT2D eigenvalue weighted by Gasteiger charge is 2.06. The number of fused-ring (bicyclic) bond motifs is 1. The minimum Gasteiger partial charge on any atom is -0.398 e. The Kier molecular flexibility index (Phi) is 2.83. The average Bonchev–Trinajstić information content (AvgIpc) is 2.45. The van der Waals surface area contributed by atoms with E-state index < -0.39 is 11.2 Å². The number of anilines is 1. The Morgan fingerprint density at radius 1 is 1.20 bits per heavy atom. The van der Waals surface area contributed by atoms with E-state index in [4.69, 9.17) is 5.73 Å². The largest absolute Gasteiger partial charge is 0.398 e. The van der Waals surface area contributed by atoms with E-state index in [1.807, 2.05) is 18.2 Å². The number of nitrogen functional groups attached to an aromatic ring is 1. The quantitative estimate of drug-likeness (QED) is 0.669. The first kappa shape index (κ1) is 12.2. The van der Waals surface area contributed by atoms with Gasteiger partial charge in [-0.1, -0.05) is 6.07 Å². The predicted octanol–water partition coefficient (Wildman–Crippen LogP) is 0.715. The number of nitrogens with zero attached hydrogens (tertiary/aromatic N) is 2. The Labute approximate surface area is 113 Å². The molecule has 6 heteroatoms. The number of hydrogen-bond acceptors (Lipinski definition) is 4. The van der Waals surface area contributed by atoms with Crippen LogP contribution in [0.3, 0.4) is 0 Å². The number of hydrogen-bond donors (Lipinski definition) is 2. The number of rotatable bonds is 2. The third-order valence-corrected chi connectivity index (χ3v) is 3.12. The van der Waals surface area contributed by atoms with Gasteiger partial charge in [0.2, 0.25) is 0 Å². The van der Waals surface area contributed by atoms with Crippen LogP contribution in [0.5, 0.6) is 0 Å². The van der Waals surface area contributed by atoms with Crippen molar-refractivity contribution in [2.24, 2.45) is 0 Å². The van der Waals surface area contributed by atoms with Crippen molar-refractivity contribution in [3.8, 4) is 0 Å². The van der Waals surface area contributed by atoms with Crippen molar-refractivity contribution in [3.63, 3.8) is 0 Å². The van der Waals surface area contributed by atoms with Crippen molar-refractivity contribution in [2.45, 2.75) is 6.54 Å². The SMILES string of the molecule is Nc1ccc(Cn2ccc(=O)[nH]c2=O)c2ncccc12. The maximum Gasteiger partial charge on any atom is 0.328 e. The number of nitrogens with two attached hydrogens (primary N) is 1. The number of pyridine rings is 1.